The van der Waals surface area contributed by atoms with Crippen molar-refractivity contribution in [3.63, 3.8) is 0 Å². The van der Waals surface area contributed by atoms with Gasteiger partial charge in [-0.05, 0) is 24.6 Å². The van der Waals surface area contributed by atoms with Gasteiger partial charge in [0.25, 0.3) is 0 Å². The van der Waals surface area contributed by atoms with Gasteiger partial charge in [0.15, 0.2) is 0 Å². The highest BCUT2D eigenvalue weighted by Crippen LogP contribution is 2.14. The first-order chi connectivity index (χ1) is 9.58. The van der Waals surface area contributed by atoms with E-state index < -0.39 is 5.97 Å². The summed E-state index contributed by atoms with van der Waals surface area (Å²) < 4.78 is 0.992. The molecule has 0 aliphatic rings. The molecule has 0 aromatic heterocycles. The van der Waals surface area contributed by atoms with Gasteiger partial charge in [0.1, 0.15) is 0 Å². The second-order valence-corrected chi connectivity index (χ2v) is 5.03. The van der Waals surface area contributed by atoms with Crippen molar-refractivity contribution in [3.8, 4) is 0 Å². The van der Waals surface area contributed by atoms with Crippen LogP contribution in [0.2, 0.25) is 0 Å². The van der Waals surface area contributed by atoms with Gasteiger partial charge in [0, 0.05) is 36.2 Å². The van der Waals surface area contributed by atoms with E-state index in [2.05, 4.69) is 31.9 Å². The van der Waals surface area contributed by atoms with Crippen LogP contribution in [0.25, 0.3) is 0 Å². The van der Waals surface area contributed by atoms with Gasteiger partial charge in [0.05, 0.1) is 0 Å². The molecule has 0 aliphatic heterocycles. The second kappa shape index (κ2) is 9.19. The smallest absolute Gasteiger partial charge is 0.314 e. The minimum Gasteiger partial charge on any atom is -0.481 e. The quantitative estimate of drug-likeness (QED) is 0.543. The molecule has 0 aliphatic carbocycles. The van der Waals surface area contributed by atoms with Gasteiger partial charge in [-0.3, -0.25) is 4.79 Å². The minimum absolute atomic E-state index is 0.0602. The summed E-state index contributed by atoms with van der Waals surface area (Å²) in [6, 6.07) is 7.47. The number of halogens is 1. The van der Waals surface area contributed by atoms with E-state index >= 15 is 0 Å². The molecule has 1 aromatic carbocycles. The Labute approximate surface area is 126 Å². The minimum atomic E-state index is -0.856. The Morgan fingerprint density at radius 1 is 1.15 bits per heavy atom. The summed E-state index contributed by atoms with van der Waals surface area (Å²) in [6.45, 7) is 1.45. The highest BCUT2D eigenvalue weighted by atomic mass is 79.9. The topological polar surface area (TPSA) is 90.5 Å². The number of carbonyl (C=O) groups is 2. The van der Waals surface area contributed by atoms with Gasteiger partial charge in [-0.1, -0.05) is 22.0 Å². The van der Waals surface area contributed by atoms with E-state index in [1.54, 1.807) is 0 Å². The van der Waals surface area contributed by atoms with Crippen LogP contribution in [0.1, 0.15) is 12.8 Å². The normalized spacial score (nSPS) is 9.85. The van der Waals surface area contributed by atoms with Crippen molar-refractivity contribution in [1.82, 2.24) is 10.6 Å². The Morgan fingerprint density at radius 2 is 1.90 bits per heavy atom. The summed E-state index contributed by atoms with van der Waals surface area (Å²) in [4.78, 5) is 21.6. The summed E-state index contributed by atoms with van der Waals surface area (Å²) in [6.07, 6.45) is 0.490. The lowest BCUT2D eigenvalue weighted by Crippen LogP contribution is -2.38. The van der Waals surface area contributed by atoms with Crippen molar-refractivity contribution in [3.05, 3.63) is 28.7 Å². The molecule has 20 heavy (non-hydrogen) atoms. The number of nitrogens with one attached hydrogen (secondary N) is 3. The molecular formula is C13H18BrN3O3. The lowest BCUT2D eigenvalue weighted by Gasteiger charge is -2.09. The van der Waals surface area contributed by atoms with Crippen molar-refractivity contribution in [2.24, 2.45) is 0 Å². The standard InChI is InChI=1S/C13H18BrN3O3/c14-10-3-1-4-11(9-10)15-7-8-17-13(20)16-6-2-5-12(18)19/h1,3-4,9,15H,2,5-8H2,(H,18,19)(H2,16,17,20). The monoisotopic (exact) mass is 343 g/mol. The maximum absolute atomic E-state index is 11.3. The number of urea groups is 1. The van der Waals surface area contributed by atoms with E-state index in [0.717, 1.165) is 10.2 Å². The van der Waals surface area contributed by atoms with Crippen LogP contribution in [0.4, 0.5) is 10.5 Å². The van der Waals surface area contributed by atoms with Crippen LogP contribution in [0.15, 0.2) is 28.7 Å². The van der Waals surface area contributed by atoms with Crippen molar-refractivity contribution in [1.29, 1.82) is 0 Å². The third kappa shape index (κ3) is 7.63. The molecule has 6 nitrogen and oxygen atoms in total. The van der Waals surface area contributed by atoms with Gasteiger partial charge in [-0.25, -0.2) is 4.79 Å². The first-order valence-corrected chi connectivity index (χ1v) is 7.10. The molecule has 0 saturated heterocycles. The molecule has 0 fully saturated rings. The molecule has 4 N–H and O–H groups in total. The highest BCUT2D eigenvalue weighted by molar-refractivity contribution is 9.10. The van der Waals surface area contributed by atoms with Gasteiger partial charge in [-0.2, -0.15) is 0 Å². The van der Waals surface area contributed by atoms with Gasteiger partial charge >= 0.3 is 12.0 Å². The zero-order valence-electron chi connectivity index (χ0n) is 11.0. The van der Waals surface area contributed by atoms with E-state index in [4.69, 9.17) is 5.11 Å². The molecule has 1 rings (SSSR count). The van der Waals surface area contributed by atoms with Crippen molar-refractivity contribution < 1.29 is 14.7 Å². The van der Waals surface area contributed by atoms with E-state index in [0.29, 0.717) is 26.1 Å². The molecule has 0 radical (unpaired) electrons. The highest BCUT2D eigenvalue weighted by Gasteiger charge is 2.00. The number of anilines is 1. The summed E-state index contributed by atoms with van der Waals surface area (Å²) in [5.41, 5.74) is 0.975. The predicted octanol–water partition coefficient (Wildman–Crippen LogP) is 2.02. The van der Waals surface area contributed by atoms with E-state index in [1.165, 1.54) is 0 Å². The van der Waals surface area contributed by atoms with E-state index in [9.17, 15) is 9.59 Å². The third-order valence-electron chi connectivity index (χ3n) is 2.42. The molecule has 110 valence electrons. The number of hydrogen-bond acceptors (Lipinski definition) is 3. The molecule has 0 atom stereocenters. The average molecular weight is 344 g/mol. The first kappa shape index (κ1) is 16.3. The van der Waals surface area contributed by atoms with Crippen LogP contribution in [-0.2, 0) is 4.79 Å². The van der Waals surface area contributed by atoms with Crippen LogP contribution >= 0.6 is 15.9 Å². The largest absolute Gasteiger partial charge is 0.481 e. The molecule has 0 saturated carbocycles. The van der Waals surface area contributed by atoms with Crippen LogP contribution in [0.3, 0.4) is 0 Å². The summed E-state index contributed by atoms with van der Waals surface area (Å²) in [5, 5.41) is 16.9. The molecule has 2 amide bonds. The Balaban J connectivity index is 2.06. The Bertz CT molecular complexity index is 454. The van der Waals surface area contributed by atoms with Gasteiger partial charge in [0.2, 0.25) is 0 Å². The number of hydrogen-bond donors (Lipinski definition) is 4. The lowest BCUT2D eigenvalue weighted by atomic mass is 10.3. The van der Waals surface area contributed by atoms with Crippen molar-refractivity contribution in [2.45, 2.75) is 12.8 Å². The van der Waals surface area contributed by atoms with Crippen molar-refractivity contribution >= 4 is 33.6 Å². The van der Waals surface area contributed by atoms with E-state index in [-0.39, 0.29) is 12.5 Å². The Kier molecular flexibility index (Phi) is 7.49. The Morgan fingerprint density at radius 3 is 2.60 bits per heavy atom. The third-order valence-corrected chi connectivity index (χ3v) is 2.91. The zero-order chi connectivity index (χ0) is 14.8. The molecule has 1 aromatic rings. The molecule has 0 heterocycles. The number of amides is 2. The van der Waals surface area contributed by atoms with E-state index in [1.807, 2.05) is 24.3 Å². The number of carboxylic acid groups (broad SMARTS) is 1. The lowest BCUT2D eigenvalue weighted by molar-refractivity contribution is -0.137. The molecule has 7 heteroatoms. The number of aliphatic carboxylic acids is 1. The second-order valence-electron chi connectivity index (χ2n) is 4.12. The maximum atomic E-state index is 11.3. The van der Waals surface area contributed by atoms with Crippen LogP contribution in [0, 0.1) is 0 Å². The first-order valence-electron chi connectivity index (χ1n) is 6.31. The summed E-state index contributed by atoms with van der Waals surface area (Å²) >= 11 is 3.38. The number of carboxylic acids is 1. The fourth-order valence-electron chi connectivity index (χ4n) is 1.49. The molecular weight excluding hydrogens is 326 g/mol. The number of benzene rings is 1. The molecule has 0 bridgehead atoms. The Hall–Kier alpha value is -1.76. The number of rotatable bonds is 8. The van der Waals surface area contributed by atoms with Gasteiger partial charge < -0.3 is 21.1 Å². The summed E-state index contributed by atoms with van der Waals surface area (Å²) in [5.74, 6) is -0.856. The summed E-state index contributed by atoms with van der Waals surface area (Å²) in [7, 11) is 0. The number of carbonyl (C=O) groups excluding carboxylic acids is 1. The molecule has 0 unspecified atom stereocenters. The predicted molar refractivity (Wildman–Crippen MR) is 80.9 cm³/mol. The SMILES string of the molecule is O=C(O)CCCNC(=O)NCCNc1cccc(Br)c1. The van der Waals surface area contributed by atoms with Crippen molar-refractivity contribution in [2.75, 3.05) is 25.0 Å². The van der Waals surface area contributed by atoms with Gasteiger partial charge in [-0.15, -0.1) is 0 Å². The van der Waals surface area contributed by atoms with Crippen LogP contribution < -0.4 is 16.0 Å². The molecule has 0 spiro atoms. The average Bonchev–Trinajstić information content (AvgIpc) is 2.40. The van der Waals surface area contributed by atoms with Crippen LogP contribution in [0.5, 0.6) is 0 Å². The fourth-order valence-corrected chi connectivity index (χ4v) is 1.88. The maximum Gasteiger partial charge on any atom is 0.314 e. The van der Waals surface area contributed by atoms with Crippen LogP contribution in [-0.4, -0.2) is 36.7 Å². The fraction of sp³-hybridized carbons (Fsp3) is 0.385. The zero-order valence-corrected chi connectivity index (χ0v) is 12.6.